The van der Waals surface area contributed by atoms with Gasteiger partial charge in [-0.3, -0.25) is 19.3 Å². The van der Waals surface area contributed by atoms with Crippen LogP contribution in [0, 0.1) is 23.7 Å². The minimum atomic E-state index is -1.16. The molecule has 1 heterocycles. The summed E-state index contributed by atoms with van der Waals surface area (Å²) < 4.78 is 0. The third-order valence-corrected chi connectivity index (χ3v) is 6.46. The molecular formula is C20H23NO5. The SMILES string of the molecule is CC(c1ccccc1)N1C(=O)[C@H]2[C@H]3[C@H](O)[C@H](O)CC(=O)[C@H]3CC[C@H]2C1=O. The van der Waals surface area contributed by atoms with Gasteiger partial charge >= 0.3 is 0 Å². The molecule has 4 rings (SSSR count). The third kappa shape index (κ3) is 2.43. The Hall–Kier alpha value is -2.05. The Morgan fingerprint density at radius 3 is 2.35 bits per heavy atom. The van der Waals surface area contributed by atoms with E-state index in [1.54, 1.807) is 0 Å². The number of carbonyl (C=O) groups is 3. The van der Waals surface area contributed by atoms with Gasteiger partial charge in [0.2, 0.25) is 11.8 Å². The quantitative estimate of drug-likeness (QED) is 0.772. The summed E-state index contributed by atoms with van der Waals surface area (Å²) in [5, 5.41) is 20.5. The highest BCUT2D eigenvalue weighted by molar-refractivity contribution is 6.06. The van der Waals surface area contributed by atoms with Crippen LogP contribution in [0.1, 0.15) is 37.8 Å². The first kappa shape index (κ1) is 17.4. The van der Waals surface area contributed by atoms with Gasteiger partial charge in [-0.25, -0.2) is 0 Å². The van der Waals surface area contributed by atoms with Crippen LogP contribution >= 0.6 is 0 Å². The number of Topliss-reactive ketones (excluding diaryl/α,β-unsaturated/α-hetero) is 1. The molecule has 6 nitrogen and oxygen atoms in total. The lowest BCUT2D eigenvalue weighted by Crippen LogP contribution is -2.54. The van der Waals surface area contributed by atoms with Crippen LogP contribution in [0.4, 0.5) is 0 Å². The number of hydrogen-bond donors (Lipinski definition) is 2. The molecule has 3 aliphatic rings. The fourth-order valence-corrected chi connectivity index (χ4v) is 5.13. The van der Waals surface area contributed by atoms with Gasteiger partial charge in [-0.05, 0) is 25.3 Å². The van der Waals surface area contributed by atoms with Crippen LogP contribution < -0.4 is 0 Å². The normalized spacial score (nSPS) is 38.1. The van der Waals surface area contributed by atoms with Gasteiger partial charge in [-0.2, -0.15) is 0 Å². The number of aliphatic hydroxyl groups excluding tert-OH is 2. The summed E-state index contributed by atoms with van der Waals surface area (Å²) in [6.07, 6.45) is -1.42. The summed E-state index contributed by atoms with van der Waals surface area (Å²) in [5.41, 5.74) is 0.865. The molecule has 7 atom stereocenters. The molecular weight excluding hydrogens is 334 g/mol. The average Bonchev–Trinajstić information content (AvgIpc) is 2.90. The van der Waals surface area contributed by atoms with Crippen LogP contribution in [0.5, 0.6) is 0 Å². The highest BCUT2D eigenvalue weighted by Gasteiger charge is 2.60. The van der Waals surface area contributed by atoms with Gasteiger partial charge in [0.05, 0.1) is 30.1 Å². The van der Waals surface area contributed by atoms with E-state index in [0.29, 0.717) is 12.8 Å². The first-order chi connectivity index (χ1) is 12.4. The molecule has 1 unspecified atom stereocenters. The van der Waals surface area contributed by atoms with Crippen molar-refractivity contribution >= 4 is 17.6 Å². The largest absolute Gasteiger partial charge is 0.390 e. The van der Waals surface area contributed by atoms with Crippen molar-refractivity contribution in [2.45, 2.75) is 44.4 Å². The predicted octanol–water partition coefficient (Wildman–Crippen LogP) is 1.07. The van der Waals surface area contributed by atoms with Gasteiger partial charge in [-0.1, -0.05) is 30.3 Å². The fourth-order valence-electron chi connectivity index (χ4n) is 5.13. The van der Waals surface area contributed by atoms with Crippen LogP contribution in [0.15, 0.2) is 30.3 Å². The number of nitrogens with zero attached hydrogens (tertiary/aromatic N) is 1. The summed E-state index contributed by atoms with van der Waals surface area (Å²) in [6, 6.07) is 8.94. The van der Waals surface area contributed by atoms with Crippen LogP contribution in [0.25, 0.3) is 0 Å². The number of amides is 2. The molecule has 0 spiro atoms. The van der Waals surface area contributed by atoms with Gasteiger partial charge in [0.15, 0.2) is 0 Å². The molecule has 2 aliphatic carbocycles. The van der Waals surface area contributed by atoms with E-state index in [0.717, 1.165) is 5.56 Å². The smallest absolute Gasteiger partial charge is 0.234 e. The summed E-state index contributed by atoms with van der Waals surface area (Å²) in [7, 11) is 0. The van der Waals surface area contributed by atoms with E-state index in [1.165, 1.54) is 4.90 Å². The number of aliphatic hydroxyl groups is 2. The van der Waals surface area contributed by atoms with E-state index in [9.17, 15) is 24.6 Å². The van der Waals surface area contributed by atoms with Crippen molar-refractivity contribution < 1.29 is 24.6 Å². The number of benzene rings is 1. The Morgan fingerprint density at radius 1 is 1.00 bits per heavy atom. The maximum atomic E-state index is 13.2. The van der Waals surface area contributed by atoms with E-state index in [1.807, 2.05) is 37.3 Å². The lowest BCUT2D eigenvalue weighted by molar-refractivity contribution is -0.156. The van der Waals surface area contributed by atoms with Crippen molar-refractivity contribution in [3.63, 3.8) is 0 Å². The first-order valence-electron chi connectivity index (χ1n) is 9.22. The van der Waals surface area contributed by atoms with E-state index >= 15 is 0 Å². The van der Waals surface area contributed by atoms with Crippen molar-refractivity contribution in [3.05, 3.63) is 35.9 Å². The van der Waals surface area contributed by atoms with Gasteiger partial charge in [0.1, 0.15) is 5.78 Å². The second-order valence-corrected chi connectivity index (χ2v) is 7.75. The molecule has 3 fully saturated rings. The third-order valence-electron chi connectivity index (χ3n) is 6.46. The molecule has 1 aliphatic heterocycles. The Bertz CT molecular complexity index is 748. The van der Waals surface area contributed by atoms with Crippen molar-refractivity contribution in [1.29, 1.82) is 0 Å². The second kappa shape index (κ2) is 6.28. The molecule has 1 aromatic carbocycles. The van der Waals surface area contributed by atoms with Gasteiger partial charge in [0.25, 0.3) is 0 Å². The van der Waals surface area contributed by atoms with Crippen molar-refractivity contribution in [2.75, 3.05) is 0 Å². The molecule has 26 heavy (non-hydrogen) atoms. The van der Waals surface area contributed by atoms with Crippen molar-refractivity contribution in [2.24, 2.45) is 23.7 Å². The first-order valence-corrected chi connectivity index (χ1v) is 9.22. The zero-order chi connectivity index (χ0) is 18.6. The number of fused-ring (bicyclic) bond motifs is 3. The minimum Gasteiger partial charge on any atom is -0.390 e. The van der Waals surface area contributed by atoms with E-state index < -0.39 is 41.9 Å². The maximum absolute atomic E-state index is 13.2. The zero-order valence-electron chi connectivity index (χ0n) is 14.6. The predicted molar refractivity (Wildman–Crippen MR) is 91.5 cm³/mol. The number of imide groups is 1. The number of rotatable bonds is 2. The molecule has 2 amide bonds. The number of likely N-dealkylation sites (tertiary alicyclic amines) is 1. The molecule has 138 valence electrons. The van der Waals surface area contributed by atoms with Crippen LogP contribution in [0.2, 0.25) is 0 Å². The average molecular weight is 357 g/mol. The number of carbonyl (C=O) groups excluding carboxylic acids is 3. The fraction of sp³-hybridized carbons (Fsp3) is 0.550. The molecule has 2 saturated carbocycles. The standard InChI is InChI=1S/C20H23NO5/c1-10(11-5-3-2-4-6-11)21-19(25)13-8-7-12-14(22)9-15(23)18(24)16(12)17(13)20(21)26/h2-6,10,12-13,15-18,23-24H,7-9H2,1H3/t10?,12-,13-,15-,16+,17-,18-/m1/s1. The second-order valence-electron chi connectivity index (χ2n) is 7.75. The van der Waals surface area contributed by atoms with Crippen molar-refractivity contribution in [3.8, 4) is 0 Å². The number of ketones is 1. The van der Waals surface area contributed by atoms with Crippen LogP contribution in [-0.4, -0.2) is 44.9 Å². The Morgan fingerprint density at radius 2 is 1.65 bits per heavy atom. The molecule has 0 bridgehead atoms. The Balaban J connectivity index is 1.68. The van der Waals surface area contributed by atoms with E-state index in [2.05, 4.69) is 0 Å². The Labute approximate surface area is 151 Å². The zero-order valence-corrected chi connectivity index (χ0v) is 14.6. The van der Waals surface area contributed by atoms with E-state index in [4.69, 9.17) is 0 Å². The highest BCUT2D eigenvalue weighted by Crippen LogP contribution is 2.50. The van der Waals surface area contributed by atoms with Crippen molar-refractivity contribution in [1.82, 2.24) is 4.90 Å². The monoisotopic (exact) mass is 357 g/mol. The molecule has 0 aromatic heterocycles. The minimum absolute atomic E-state index is 0.0774. The molecule has 1 saturated heterocycles. The summed E-state index contributed by atoms with van der Waals surface area (Å²) in [6.45, 7) is 1.82. The van der Waals surface area contributed by atoms with Gasteiger partial charge in [0, 0.05) is 18.3 Å². The number of hydrogen-bond acceptors (Lipinski definition) is 5. The summed E-state index contributed by atoms with van der Waals surface area (Å²) in [4.78, 5) is 39.8. The lowest BCUT2D eigenvalue weighted by atomic mass is 9.60. The summed E-state index contributed by atoms with van der Waals surface area (Å²) >= 11 is 0. The topological polar surface area (TPSA) is 94.9 Å². The van der Waals surface area contributed by atoms with E-state index in [-0.39, 0.29) is 24.0 Å². The molecule has 0 radical (unpaired) electrons. The molecule has 1 aromatic rings. The summed E-state index contributed by atoms with van der Waals surface area (Å²) in [5.74, 6) is -3.01. The van der Waals surface area contributed by atoms with Gasteiger partial charge < -0.3 is 10.2 Å². The lowest BCUT2D eigenvalue weighted by Gasteiger charge is -2.44. The Kier molecular flexibility index (Phi) is 4.20. The van der Waals surface area contributed by atoms with Crippen LogP contribution in [-0.2, 0) is 14.4 Å². The molecule has 6 heteroatoms. The maximum Gasteiger partial charge on any atom is 0.234 e. The molecule has 2 N–H and O–H groups in total. The highest BCUT2D eigenvalue weighted by atomic mass is 16.3. The van der Waals surface area contributed by atoms with Crippen LogP contribution in [0.3, 0.4) is 0 Å². The van der Waals surface area contributed by atoms with Gasteiger partial charge in [-0.15, -0.1) is 0 Å².